The van der Waals surface area contributed by atoms with Gasteiger partial charge in [0.1, 0.15) is 17.3 Å². The Morgan fingerprint density at radius 3 is 2.38 bits per heavy atom. The van der Waals surface area contributed by atoms with Crippen molar-refractivity contribution in [2.45, 2.75) is 6.92 Å². The SMILES string of the molecule is COc1ccc(Nc2cc(C)nc(Nc3ccccc3OC)n2)cc1Cl. The second-order valence-corrected chi connectivity index (χ2v) is 5.92. The predicted octanol–water partition coefficient (Wildman–Crippen LogP) is 4.94. The molecule has 0 radical (unpaired) electrons. The van der Waals surface area contributed by atoms with Crippen LogP contribution in [0.25, 0.3) is 0 Å². The van der Waals surface area contributed by atoms with E-state index >= 15 is 0 Å². The number of anilines is 4. The largest absolute Gasteiger partial charge is 0.495 e. The number of nitrogens with one attached hydrogen (secondary N) is 2. The van der Waals surface area contributed by atoms with E-state index in [1.165, 1.54) is 0 Å². The van der Waals surface area contributed by atoms with Crippen LogP contribution in [0.3, 0.4) is 0 Å². The third-order valence-electron chi connectivity index (χ3n) is 3.63. The topological polar surface area (TPSA) is 68.3 Å². The number of halogens is 1. The Hall–Kier alpha value is -2.99. The standard InChI is InChI=1S/C19H19ClN4O2/c1-12-10-18(22-13-8-9-16(25-2)14(20)11-13)24-19(21-12)23-15-6-4-5-7-17(15)26-3/h4-11H,1-3H3,(H2,21,22,23,24). The van der Waals surface area contributed by atoms with Gasteiger partial charge in [-0.2, -0.15) is 4.98 Å². The van der Waals surface area contributed by atoms with E-state index in [4.69, 9.17) is 21.1 Å². The van der Waals surface area contributed by atoms with Crippen molar-refractivity contribution in [3.05, 3.63) is 59.2 Å². The molecule has 0 bridgehead atoms. The van der Waals surface area contributed by atoms with E-state index in [9.17, 15) is 0 Å². The maximum atomic E-state index is 6.18. The Kier molecular flexibility index (Phi) is 5.43. The van der Waals surface area contributed by atoms with Crippen LogP contribution in [0.4, 0.5) is 23.1 Å². The van der Waals surface area contributed by atoms with Crippen molar-refractivity contribution < 1.29 is 9.47 Å². The van der Waals surface area contributed by atoms with E-state index < -0.39 is 0 Å². The summed E-state index contributed by atoms with van der Waals surface area (Å²) in [4.78, 5) is 8.94. The van der Waals surface area contributed by atoms with Gasteiger partial charge in [0.15, 0.2) is 0 Å². The molecule has 2 N–H and O–H groups in total. The molecule has 134 valence electrons. The van der Waals surface area contributed by atoms with Crippen LogP contribution in [0.15, 0.2) is 48.5 Å². The molecule has 0 aliphatic heterocycles. The lowest BCUT2D eigenvalue weighted by atomic mass is 10.3. The second kappa shape index (κ2) is 7.93. The lowest BCUT2D eigenvalue weighted by molar-refractivity contribution is 0.415. The number of methoxy groups -OCH3 is 2. The maximum absolute atomic E-state index is 6.18. The molecule has 0 atom stereocenters. The highest BCUT2D eigenvalue weighted by molar-refractivity contribution is 6.32. The average Bonchev–Trinajstić information content (AvgIpc) is 2.62. The summed E-state index contributed by atoms with van der Waals surface area (Å²) in [6.07, 6.45) is 0. The van der Waals surface area contributed by atoms with E-state index in [0.29, 0.717) is 28.3 Å². The third kappa shape index (κ3) is 4.15. The van der Waals surface area contributed by atoms with Crippen molar-refractivity contribution in [1.82, 2.24) is 9.97 Å². The fraction of sp³-hybridized carbons (Fsp3) is 0.158. The van der Waals surface area contributed by atoms with E-state index in [1.807, 2.05) is 43.3 Å². The smallest absolute Gasteiger partial charge is 0.229 e. The molecular weight excluding hydrogens is 352 g/mol. The van der Waals surface area contributed by atoms with Gasteiger partial charge >= 0.3 is 0 Å². The van der Waals surface area contributed by atoms with Crippen molar-refractivity contribution >= 4 is 34.7 Å². The minimum absolute atomic E-state index is 0.469. The molecule has 0 saturated carbocycles. The van der Waals surface area contributed by atoms with Crippen LogP contribution >= 0.6 is 11.6 Å². The van der Waals surface area contributed by atoms with Crippen LogP contribution in [-0.2, 0) is 0 Å². The number of hydrogen-bond donors (Lipinski definition) is 2. The van der Waals surface area contributed by atoms with E-state index in [0.717, 1.165) is 17.1 Å². The average molecular weight is 371 g/mol. The molecule has 0 aliphatic carbocycles. The highest BCUT2D eigenvalue weighted by Gasteiger charge is 2.08. The molecule has 26 heavy (non-hydrogen) atoms. The summed E-state index contributed by atoms with van der Waals surface area (Å²) in [6, 6.07) is 14.9. The highest BCUT2D eigenvalue weighted by atomic mass is 35.5. The van der Waals surface area contributed by atoms with Crippen molar-refractivity contribution in [2.24, 2.45) is 0 Å². The van der Waals surface area contributed by atoms with Crippen LogP contribution in [0.5, 0.6) is 11.5 Å². The molecule has 6 nitrogen and oxygen atoms in total. The van der Waals surface area contributed by atoms with E-state index in [2.05, 4.69) is 20.6 Å². The Labute approximate surface area is 157 Å². The van der Waals surface area contributed by atoms with E-state index in [-0.39, 0.29) is 0 Å². The number of para-hydroxylation sites is 2. The van der Waals surface area contributed by atoms with Gasteiger partial charge in [-0.15, -0.1) is 0 Å². The minimum atomic E-state index is 0.469. The highest BCUT2D eigenvalue weighted by Crippen LogP contribution is 2.29. The fourth-order valence-electron chi connectivity index (χ4n) is 2.45. The number of ether oxygens (including phenoxy) is 2. The molecule has 1 heterocycles. The number of nitrogens with zero attached hydrogens (tertiary/aromatic N) is 2. The van der Waals surface area contributed by atoms with Gasteiger partial charge in [-0.25, -0.2) is 4.98 Å². The lowest BCUT2D eigenvalue weighted by Crippen LogP contribution is -2.03. The molecule has 0 spiro atoms. The Morgan fingerprint density at radius 1 is 0.885 bits per heavy atom. The van der Waals surface area contributed by atoms with Gasteiger partial charge < -0.3 is 20.1 Å². The molecule has 3 aromatic rings. The molecule has 0 fully saturated rings. The molecule has 2 aromatic carbocycles. The summed E-state index contributed by atoms with van der Waals surface area (Å²) in [7, 11) is 3.20. The van der Waals surface area contributed by atoms with Gasteiger partial charge in [0, 0.05) is 17.4 Å². The molecule has 3 rings (SSSR count). The zero-order valence-corrected chi connectivity index (χ0v) is 15.5. The number of benzene rings is 2. The fourth-order valence-corrected chi connectivity index (χ4v) is 2.71. The van der Waals surface area contributed by atoms with Crippen LogP contribution in [0, 0.1) is 6.92 Å². The van der Waals surface area contributed by atoms with E-state index in [1.54, 1.807) is 26.4 Å². The Bertz CT molecular complexity index is 918. The van der Waals surface area contributed by atoms with Gasteiger partial charge in [-0.05, 0) is 37.3 Å². The number of rotatable bonds is 6. The van der Waals surface area contributed by atoms with Crippen molar-refractivity contribution in [3.63, 3.8) is 0 Å². The van der Waals surface area contributed by atoms with Gasteiger partial charge in [0.25, 0.3) is 0 Å². The monoisotopic (exact) mass is 370 g/mol. The second-order valence-electron chi connectivity index (χ2n) is 5.52. The van der Waals surface area contributed by atoms with Gasteiger partial charge in [-0.1, -0.05) is 23.7 Å². The first-order chi connectivity index (χ1) is 12.6. The van der Waals surface area contributed by atoms with Gasteiger partial charge in [-0.3, -0.25) is 0 Å². The van der Waals surface area contributed by atoms with Crippen molar-refractivity contribution in [1.29, 1.82) is 0 Å². The predicted molar refractivity (Wildman–Crippen MR) is 104 cm³/mol. The molecule has 1 aromatic heterocycles. The Balaban J connectivity index is 1.84. The third-order valence-corrected chi connectivity index (χ3v) is 3.93. The summed E-state index contributed by atoms with van der Waals surface area (Å²) in [5.74, 6) is 2.46. The lowest BCUT2D eigenvalue weighted by Gasteiger charge is -2.12. The maximum Gasteiger partial charge on any atom is 0.229 e. The summed E-state index contributed by atoms with van der Waals surface area (Å²) < 4.78 is 10.5. The molecule has 0 amide bonds. The van der Waals surface area contributed by atoms with Crippen molar-refractivity contribution in [2.75, 3.05) is 24.9 Å². The minimum Gasteiger partial charge on any atom is -0.495 e. The zero-order valence-electron chi connectivity index (χ0n) is 14.7. The van der Waals surface area contributed by atoms with Crippen LogP contribution in [0.2, 0.25) is 5.02 Å². The van der Waals surface area contributed by atoms with Gasteiger partial charge in [0.05, 0.1) is 24.9 Å². The first-order valence-corrected chi connectivity index (χ1v) is 8.33. The van der Waals surface area contributed by atoms with Crippen LogP contribution in [-0.4, -0.2) is 24.2 Å². The Morgan fingerprint density at radius 2 is 1.65 bits per heavy atom. The number of aryl methyl sites for hydroxylation is 1. The number of aromatic nitrogens is 2. The van der Waals surface area contributed by atoms with Crippen molar-refractivity contribution in [3.8, 4) is 11.5 Å². The molecule has 0 saturated heterocycles. The first-order valence-electron chi connectivity index (χ1n) is 7.95. The summed E-state index contributed by atoms with van der Waals surface area (Å²) in [5, 5.41) is 6.94. The van der Waals surface area contributed by atoms with Gasteiger partial charge in [0.2, 0.25) is 5.95 Å². The molecule has 0 aliphatic rings. The quantitative estimate of drug-likeness (QED) is 0.640. The molecule has 0 unspecified atom stereocenters. The summed E-state index contributed by atoms with van der Waals surface area (Å²) in [5.41, 5.74) is 2.41. The molecule has 7 heteroatoms. The van der Waals surface area contributed by atoms with Crippen LogP contribution in [0.1, 0.15) is 5.69 Å². The zero-order chi connectivity index (χ0) is 18.5. The summed E-state index contributed by atoms with van der Waals surface area (Å²) in [6.45, 7) is 1.90. The summed E-state index contributed by atoms with van der Waals surface area (Å²) >= 11 is 6.18. The number of hydrogen-bond acceptors (Lipinski definition) is 6. The molecular formula is C19H19ClN4O2. The van der Waals surface area contributed by atoms with Crippen LogP contribution < -0.4 is 20.1 Å². The normalized spacial score (nSPS) is 10.3. The first kappa shape index (κ1) is 17.8.